The van der Waals surface area contributed by atoms with Crippen molar-refractivity contribution in [3.05, 3.63) is 83.7 Å². The van der Waals surface area contributed by atoms with Crippen molar-refractivity contribution in [3.8, 4) is 0 Å². The van der Waals surface area contributed by atoms with Crippen LogP contribution in [0.3, 0.4) is 0 Å². The van der Waals surface area contributed by atoms with Crippen LogP contribution >= 0.6 is 0 Å². The zero-order chi connectivity index (χ0) is 17.9. The quantitative estimate of drug-likeness (QED) is 0.702. The fraction of sp³-hybridized carbons (Fsp3) is 0.111. The van der Waals surface area contributed by atoms with Crippen molar-refractivity contribution in [3.63, 3.8) is 0 Å². The number of carbonyl (C=O) groups is 2. The molecule has 0 saturated carbocycles. The van der Waals surface area contributed by atoms with E-state index in [-0.39, 0.29) is 39.5 Å². The van der Waals surface area contributed by atoms with Crippen molar-refractivity contribution in [2.24, 2.45) is 0 Å². The fourth-order valence-corrected chi connectivity index (χ4v) is 1.24. The van der Waals surface area contributed by atoms with Crippen LogP contribution < -0.4 is 0 Å². The van der Waals surface area contributed by atoms with Gasteiger partial charge >= 0.3 is 16.8 Å². The van der Waals surface area contributed by atoms with Gasteiger partial charge in [-0.2, -0.15) is 0 Å². The van der Waals surface area contributed by atoms with E-state index >= 15 is 0 Å². The molecule has 2 heterocycles. The van der Waals surface area contributed by atoms with E-state index < -0.39 is 0 Å². The average Bonchev–Trinajstić information content (AvgIpc) is 2.57. The molecule has 2 rings (SSSR count). The number of hydrogen-bond acceptors (Lipinski definition) is 4. The minimum Gasteiger partial charge on any atom is -0.443 e. The van der Waals surface area contributed by atoms with Crippen LogP contribution in [0.25, 0.3) is 10.6 Å². The summed E-state index contributed by atoms with van der Waals surface area (Å²) in [5, 5.41) is 7.42. The largest absolute Gasteiger partial charge is 2.00 e. The van der Waals surface area contributed by atoms with Crippen LogP contribution in [-0.4, -0.2) is 32.7 Å². The van der Waals surface area contributed by atoms with Gasteiger partial charge in [0.2, 0.25) is 0 Å². The number of amides is 2. The molecular weight excluding hydrogens is 395 g/mol. The first kappa shape index (κ1) is 28.9. The SMILES string of the molecule is C=C(C)C(=O)[N-]c1ccccn1.C=C(C)C(=O)[N-]c1ccccn1.O.O.[Co+2]. The van der Waals surface area contributed by atoms with E-state index in [9.17, 15) is 9.59 Å². The standard InChI is InChI=1S/2C9H10N2O.Co.2H2O/c2*1-7(2)9(12)11-8-5-3-4-6-10-8;;;/h2*3-6H,1H2,2H3,(H,10,11,12);;2*1H2/q;;+2;;/p-2. The molecule has 0 saturated heterocycles. The fourth-order valence-electron chi connectivity index (χ4n) is 1.24. The molecule has 2 aromatic heterocycles. The van der Waals surface area contributed by atoms with Crippen LogP contribution in [0.1, 0.15) is 13.8 Å². The van der Waals surface area contributed by atoms with E-state index in [2.05, 4.69) is 33.8 Å². The Hall–Kier alpha value is -2.85. The minimum absolute atomic E-state index is 0. The molecule has 4 N–H and O–H groups in total. The van der Waals surface area contributed by atoms with Gasteiger partial charge in [-0.1, -0.05) is 73.6 Å². The third-order valence-electron chi connectivity index (χ3n) is 2.46. The molecule has 0 aliphatic rings. The van der Waals surface area contributed by atoms with Crippen LogP contribution in [-0.2, 0) is 26.4 Å². The Balaban J connectivity index is -0.000000384. The smallest absolute Gasteiger partial charge is 0.443 e. The topological polar surface area (TPSA) is 151 Å². The Kier molecular flexibility index (Phi) is 16.5. The van der Waals surface area contributed by atoms with Gasteiger partial charge in [-0.05, 0) is 25.0 Å². The predicted molar refractivity (Wildman–Crippen MR) is 101 cm³/mol. The average molecular weight is 417 g/mol. The van der Waals surface area contributed by atoms with Crippen molar-refractivity contribution < 1.29 is 37.3 Å². The number of hydrogen-bond donors (Lipinski definition) is 0. The summed E-state index contributed by atoms with van der Waals surface area (Å²) in [7, 11) is 0. The molecule has 0 bridgehead atoms. The van der Waals surface area contributed by atoms with Crippen molar-refractivity contribution >= 4 is 23.5 Å². The van der Waals surface area contributed by atoms with E-state index in [0.717, 1.165) is 0 Å². The molecule has 27 heavy (non-hydrogen) atoms. The van der Waals surface area contributed by atoms with Gasteiger partial charge in [-0.15, -0.1) is 0 Å². The van der Waals surface area contributed by atoms with E-state index in [4.69, 9.17) is 0 Å². The summed E-state index contributed by atoms with van der Waals surface area (Å²) in [6.45, 7) is 10.2. The second-order valence-corrected chi connectivity index (χ2v) is 4.77. The number of carbonyl (C=O) groups excluding carboxylic acids is 2. The maximum atomic E-state index is 11.0. The maximum absolute atomic E-state index is 11.0. The molecule has 0 atom stereocenters. The summed E-state index contributed by atoms with van der Waals surface area (Å²) < 4.78 is 0. The zero-order valence-corrected chi connectivity index (χ0v) is 16.0. The maximum Gasteiger partial charge on any atom is 2.00 e. The van der Waals surface area contributed by atoms with Gasteiger partial charge in [0.15, 0.2) is 11.8 Å². The van der Waals surface area contributed by atoms with Crippen molar-refractivity contribution in [2.45, 2.75) is 13.8 Å². The second kappa shape index (κ2) is 15.4. The molecule has 8 nitrogen and oxygen atoms in total. The van der Waals surface area contributed by atoms with E-state index in [1.54, 1.807) is 62.6 Å². The summed E-state index contributed by atoms with van der Waals surface area (Å²) in [4.78, 5) is 29.8. The van der Waals surface area contributed by atoms with Gasteiger partial charge in [-0.3, -0.25) is 9.59 Å². The normalized spacial score (nSPS) is 8.07. The first-order valence-corrected chi connectivity index (χ1v) is 7.05. The summed E-state index contributed by atoms with van der Waals surface area (Å²) in [5.74, 6) is 0.193. The molecule has 1 radical (unpaired) electrons. The molecule has 147 valence electrons. The van der Waals surface area contributed by atoms with Crippen LogP contribution in [0, 0.1) is 0 Å². The van der Waals surface area contributed by atoms with Crippen LogP contribution in [0.4, 0.5) is 11.6 Å². The van der Waals surface area contributed by atoms with Crippen LogP contribution in [0.5, 0.6) is 0 Å². The summed E-state index contributed by atoms with van der Waals surface area (Å²) in [6.07, 6.45) is 3.18. The number of aromatic nitrogens is 2. The molecule has 0 unspecified atom stereocenters. The van der Waals surface area contributed by atoms with Crippen molar-refractivity contribution in [1.29, 1.82) is 0 Å². The number of nitrogens with zero attached hydrogens (tertiary/aromatic N) is 4. The third kappa shape index (κ3) is 12.2. The molecule has 0 spiro atoms. The Morgan fingerprint density at radius 2 is 1.11 bits per heavy atom. The van der Waals surface area contributed by atoms with Gasteiger partial charge < -0.3 is 31.6 Å². The Morgan fingerprint density at radius 3 is 1.33 bits per heavy atom. The predicted octanol–water partition coefficient (Wildman–Crippen LogP) is 2.73. The second-order valence-electron chi connectivity index (χ2n) is 4.77. The molecule has 0 aromatic carbocycles. The van der Waals surface area contributed by atoms with Crippen molar-refractivity contribution in [2.75, 3.05) is 0 Å². The Bertz CT molecular complexity index is 661. The monoisotopic (exact) mass is 417 g/mol. The molecule has 0 aliphatic heterocycles. The molecule has 9 heteroatoms. The van der Waals surface area contributed by atoms with Crippen molar-refractivity contribution in [1.82, 2.24) is 9.97 Å². The molecule has 2 aromatic rings. The number of pyridine rings is 2. The third-order valence-corrected chi connectivity index (χ3v) is 2.46. The van der Waals surface area contributed by atoms with Gasteiger partial charge in [0.1, 0.15) is 0 Å². The summed E-state index contributed by atoms with van der Waals surface area (Å²) >= 11 is 0. The molecule has 0 fully saturated rings. The summed E-state index contributed by atoms with van der Waals surface area (Å²) in [6, 6.07) is 10.4. The van der Waals surface area contributed by atoms with Gasteiger partial charge in [0.05, 0.1) is 0 Å². The van der Waals surface area contributed by atoms with Crippen LogP contribution in [0.15, 0.2) is 73.1 Å². The zero-order valence-electron chi connectivity index (χ0n) is 15.0. The van der Waals surface area contributed by atoms with Gasteiger partial charge in [0, 0.05) is 0 Å². The molecular formula is C18H22CoN4O4. The first-order valence-electron chi connectivity index (χ1n) is 7.05. The Morgan fingerprint density at radius 1 is 0.778 bits per heavy atom. The number of rotatable bonds is 4. The van der Waals surface area contributed by atoms with E-state index in [0.29, 0.717) is 22.8 Å². The van der Waals surface area contributed by atoms with Crippen LogP contribution in [0.2, 0.25) is 0 Å². The molecule has 2 amide bonds. The Labute approximate surface area is 168 Å². The van der Waals surface area contributed by atoms with Gasteiger partial charge in [0.25, 0.3) is 0 Å². The summed E-state index contributed by atoms with van der Waals surface area (Å²) in [5.41, 5.74) is 0.835. The van der Waals surface area contributed by atoms with E-state index in [1.165, 1.54) is 0 Å². The van der Waals surface area contributed by atoms with Gasteiger partial charge in [-0.25, -0.2) is 0 Å². The van der Waals surface area contributed by atoms with E-state index in [1.807, 2.05) is 0 Å². The first-order chi connectivity index (χ1) is 11.4. The minimum atomic E-state index is -0.325. The molecule has 0 aliphatic carbocycles.